The second-order valence-electron chi connectivity index (χ2n) is 6.81. The van der Waals surface area contributed by atoms with Crippen molar-refractivity contribution in [1.82, 2.24) is 4.90 Å². The molecule has 0 radical (unpaired) electrons. The highest BCUT2D eigenvalue weighted by Gasteiger charge is 2.34. The van der Waals surface area contributed by atoms with E-state index in [-0.39, 0.29) is 17.5 Å². The van der Waals surface area contributed by atoms with Crippen molar-refractivity contribution in [2.24, 2.45) is 11.8 Å². The minimum Gasteiger partial charge on any atom is -0.481 e. The molecule has 1 saturated carbocycles. The predicted molar refractivity (Wildman–Crippen MR) is 88.2 cm³/mol. The average molecular weight is 352 g/mol. The van der Waals surface area contributed by atoms with Gasteiger partial charge >= 0.3 is 5.97 Å². The van der Waals surface area contributed by atoms with Crippen LogP contribution in [0.2, 0.25) is 0 Å². The second-order valence-corrected chi connectivity index (χ2v) is 6.81. The monoisotopic (exact) mass is 352 g/mol. The largest absolute Gasteiger partial charge is 0.481 e. The molecule has 1 aliphatic carbocycles. The van der Waals surface area contributed by atoms with Crippen LogP contribution in [0.5, 0.6) is 0 Å². The first-order chi connectivity index (χ1) is 12.0. The number of hydrogen-bond donors (Lipinski definition) is 1. The van der Waals surface area contributed by atoms with E-state index in [1.807, 2.05) is 0 Å². The quantitative estimate of drug-likeness (QED) is 0.908. The van der Waals surface area contributed by atoms with Gasteiger partial charge in [-0.25, -0.2) is 8.78 Å². The van der Waals surface area contributed by atoms with E-state index in [2.05, 4.69) is 0 Å². The van der Waals surface area contributed by atoms with Gasteiger partial charge in [-0.2, -0.15) is 0 Å². The van der Waals surface area contributed by atoms with Crippen LogP contribution in [0.25, 0.3) is 0 Å². The van der Waals surface area contributed by atoms with Crippen molar-refractivity contribution >= 4 is 17.6 Å². The Morgan fingerprint density at radius 2 is 1.72 bits per heavy atom. The minimum absolute atomic E-state index is 0.00897. The molecule has 5 nitrogen and oxygen atoms in total. The van der Waals surface area contributed by atoms with E-state index in [9.17, 15) is 18.4 Å². The highest BCUT2D eigenvalue weighted by molar-refractivity contribution is 5.80. The maximum atomic E-state index is 13.9. The lowest BCUT2D eigenvalue weighted by atomic mass is 9.80. The van der Waals surface area contributed by atoms with Gasteiger partial charge in [0.25, 0.3) is 0 Å². The second kappa shape index (κ2) is 7.37. The maximum absolute atomic E-state index is 13.9. The molecule has 25 heavy (non-hydrogen) atoms. The molecular formula is C18H22F2N2O3. The third-order valence-electron chi connectivity index (χ3n) is 5.21. The maximum Gasteiger partial charge on any atom is 0.306 e. The number of halogens is 2. The Balaban J connectivity index is 1.59. The molecule has 2 atom stereocenters. The Bertz CT molecular complexity index is 660. The summed E-state index contributed by atoms with van der Waals surface area (Å²) >= 11 is 0. The number of benzene rings is 1. The zero-order chi connectivity index (χ0) is 18.0. The van der Waals surface area contributed by atoms with E-state index < -0.39 is 23.5 Å². The summed E-state index contributed by atoms with van der Waals surface area (Å²) in [4.78, 5) is 27.3. The number of amides is 1. The summed E-state index contributed by atoms with van der Waals surface area (Å²) in [6.45, 7) is 1.73. The molecule has 3 rings (SSSR count). The van der Waals surface area contributed by atoms with Crippen LogP contribution in [0.4, 0.5) is 14.5 Å². The van der Waals surface area contributed by atoms with Crippen molar-refractivity contribution in [3.63, 3.8) is 0 Å². The fourth-order valence-electron chi connectivity index (χ4n) is 3.79. The number of anilines is 1. The van der Waals surface area contributed by atoms with Gasteiger partial charge in [-0.05, 0) is 31.4 Å². The van der Waals surface area contributed by atoms with Crippen LogP contribution in [0, 0.1) is 23.5 Å². The highest BCUT2D eigenvalue weighted by Crippen LogP contribution is 2.31. The topological polar surface area (TPSA) is 60.9 Å². The van der Waals surface area contributed by atoms with Gasteiger partial charge in [-0.1, -0.05) is 6.42 Å². The molecule has 0 spiro atoms. The minimum atomic E-state index is -0.830. The number of carbonyl (C=O) groups excluding carboxylic acids is 1. The molecule has 0 aromatic heterocycles. The van der Waals surface area contributed by atoms with E-state index in [0.717, 1.165) is 25.0 Å². The van der Waals surface area contributed by atoms with Crippen LogP contribution in [0.1, 0.15) is 25.7 Å². The number of carboxylic acid groups (broad SMARTS) is 1. The normalized spacial score (nSPS) is 24.2. The molecule has 1 saturated heterocycles. The fourth-order valence-corrected chi connectivity index (χ4v) is 3.79. The lowest BCUT2D eigenvalue weighted by Gasteiger charge is -2.38. The Morgan fingerprint density at radius 1 is 1.04 bits per heavy atom. The smallest absolute Gasteiger partial charge is 0.306 e. The first-order valence-electron chi connectivity index (χ1n) is 8.67. The van der Waals surface area contributed by atoms with E-state index in [0.29, 0.717) is 39.0 Å². The number of nitrogens with zero attached hydrogens (tertiary/aromatic N) is 2. The number of carboxylic acids is 1. The van der Waals surface area contributed by atoms with E-state index >= 15 is 0 Å². The first kappa shape index (κ1) is 17.6. The summed E-state index contributed by atoms with van der Waals surface area (Å²) in [6.07, 6.45) is 2.50. The number of carbonyl (C=O) groups is 2. The summed E-state index contributed by atoms with van der Waals surface area (Å²) < 4.78 is 27.2. The summed E-state index contributed by atoms with van der Waals surface area (Å²) in [7, 11) is 0. The zero-order valence-electron chi connectivity index (χ0n) is 14.0. The molecule has 0 bridgehead atoms. The van der Waals surface area contributed by atoms with Crippen molar-refractivity contribution in [1.29, 1.82) is 0 Å². The van der Waals surface area contributed by atoms with Gasteiger partial charge < -0.3 is 14.9 Å². The SMILES string of the molecule is O=C(O)C1CCCC(C(=O)N2CCN(c3cc(F)ccc3F)CC2)C1. The molecule has 136 valence electrons. The van der Waals surface area contributed by atoms with Crippen LogP contribution in [-0.2, 0) is 9.59 Å². The zero-order valence-corrected chi connectivity index (χ0v) is 14.0. The van der Waals surface area contributed by atoms with Crippen LogP contribution in [0.15, 0.2) is 18.2 Å². The fraction of sp³-hybridized carbons (Fsp3) is 0.556. The summed E-state index contributed by atoms with van der Waals surface area (Å²) in [5, 5.41) is 9.16. The van der Waals surface area contributed by atoms with Crippen molar-refractivity contribution in [2.45, 2.75) is 25.7 Å². The van der Waals surface area contributed by atoms with Gasteiger partial charge in [0, 0.05) is 38.2 Å². The molecule has 2 aliphatic rings. The standard InChI is InChI=1S/C18H22F2N2O3/c19-14-4-5-15(20)16(11-14)21-6-8-22(9-7-21)17(23)12-2-1-3-13(10-12)18(24)25/h4-5,11-13H,1-3,6-10H2,(H,24,25). The van der Waals surface area contributed by atoms with E-state index in [1.165, 1.54) is 6.07 Å². The third-order valence-corrected chi connectivity index (χ3v) is 5.21. The number of hydrogen-bond acceptors (Lipinski definition) is 3. The predicted octanol–water partition coefficient (Wildman–Crippen LogP) is 2.50. The number of piperazine rings is 1. The molecule has 1 amide bonds. The van der Waals surface area contributed by atoms with Gasteiger partial charge in [0.15, 0.2) is 0 Å². The van der Waals surface area contributed by atoms with Gasteiger partial charge in [0.1, 0.15) is 11.6 Å². The van der Waals surface area contributed by atoms with Crippen molar-refractivity contribution in [3.8, 4) is 0 Å². The van der Waals surface area contributed by atoms with Crippen LogP contribution < -0.4 is 4.90 Å². The molecule has 1 N–H and O–H groups in total. The van der Waals surface area contributed by atoms with Gasteiger partial charge in [-0.15, -0.1) is 0 Å². The molecule has 1 aromatic carbocycles. The third kappa shape index (κ3) is 3.91. The van der Waals surface area contributed by atoms with Crippen molar-refractivity contribution in [2.75, 3.05) is 31.1 Å². The highest BCUT2D eigenvalue weighted by atomic mass is 19.1. The van der Waals surface area contributed by atoms with Crippen LogP contribution in [0.3, 0.4) is 0 Å². The summed E-state index contributed by atoms with van der Waals surface area (Å²) in [6, 6.07) is 3.36. The molecule has 1 aliphatic heterocycles. The average Bonchev–Trinajstić information content (AvgIpc) is 2.63. The molecule has 2 fully saturated rings. The summed E-state index contributed by atoms with van der Waals surface area (Å²) in [5.74, 6) is -2.48. The Kier molecular flexibility index (Phi) is 5.20. The Labute approximate surface area is 145 Å². The Hall–Kier alpha value is -2.18. The van der Waals surface area contributed by atoms with Crippen molar-refractivity contribution in [3.05, 3.63) is 29.8 Å². The number of aliphatic carboxylic acids is 1. The van der Waals surface area contributed by atoms with Crippen LogP contribution in [-0.4, -0.2) is 48.1 Å². The number of rotatable bonds is 3. The lowest BCUT2D eigenvalue weighted by molar-refractivity contribution is -0.145. The lowest BCUT2D eigenvalue weighted by Crippen LogP contribution is -2.51. The van der Waals surface area contributed by atoms with Gasteiger partial charge in [-0.3, -0.25) is 9.59 Å². The Morgan fingerprint density at radius 3 is 2.40 bits per heavy atom. The summed E-state index contributed by atoms with van der Waals surface area (Å²) in [5.41, 5.74) is 0.218. The van der Waals surface area contributed by atoms with E-state index in [4.69, 9.17) is 5.11 Å². The first-order valence-corrected chi connectivity index (χ1v) is 8.67. The molecule has 1 heterocycles. The van der Waals surface area contributed by atoms with Gasteiger partial charge in [0.2, 0.25) is 5.91 Å². The van der Waals surface area contributed by atoms with Crippen LogP contribution >= 0.6 is 0 Å². The van der Waals surface area contributed by atoms with E-state index in [1.54, 1.807) is 9.80 Å². The molecule has 7 heteroatoms. The molecular weight excluding hydrogens is 330 g/mol. The molecule has 2 unspecified atom stereocenters. The van der Waals surface area contributed by atoms with Crippen molar-refractivity contribution < 1.29 is 23.5 Å². The van der Waals surface area contributed by atoms with Gasteiger partial charge in [0.05, 0.1) is 11.6 Å². The molecule has 1 aromatic rings.